The minimum Gasteiger partial charge on any atom is -0.459 e. The van der Waals surface area contributed by atoms with Crippen LogP contribution in [0.1, 0.15) is 23.2 Å². The number of rotatable bonds is 5. The minimum absolute atomic E-state index is 0.0476. The van der Waals surface area contributed by atoms with Crippen molar-refractivity contribution in [3.63, 3.8) is 0 Å². The highest BCUT2D eigenvalue weighted by atomic mass is 16.6. The molecule has 134 valence electrons. The summed E-state index contributed by atoms with van der Waals surface area (Å²) < 4.78 is 12.7. The first-order valence-corrected chi connectivity index (χ1v) is 8.63. The van der Waals surface area contributed by atoms with Gasteiger partial charge in [-0.2, -0.15) is 0 Å². The molecule has 2 N–H and O–H groups in total. The molecule has 0 amide bonds. The van der Waals surface area contributed by atoms with Gasteiger partial charge in [0.25, 0.3) is 0 Å². The van der Waals surface area contributed by atoms with Gasteiger partial charge < -0.3 is 19.8 Å². The molecule has 0 spiro atoms. The molecule has 1 aliphatic heterocycles. The Bertz CT molecular complexity index is 989. The fourth-order valence-corrected chi connectivity index (χ4v) is 3.25. The number of aromatic nitrogens is 3. The number of nitrogens with zero attached hydrogens (tertiary/aromatic N) is 3. The summed E-state index contributed by atoms with van der Waals surface area (Å²) in [5, 5.41) is 0. The smallest absolute Gasteiger partial charge is 0.344 e. The largest absolute Gasteiger partial charge is 0.459 e. The summed E-state index contributed by atoms with van der Waals surface area (Å²) in [6.45, 7) is 5.10. The zero-order valence-electron chi connectivity index (χ0n) is 14.4. The number of anilines is 1. The molecule has 2 aromatic heterocycles. The standard InChI is InChI=1S/C19H20N4O3/c1-2-9-23-17(20)15(19(24)26-11-12-6-5-10-25-12)16-18(23)22-14-8-4-3-7-13(14)21-16/h2-4,7-8,12H,1,5-6,9-11,20H2/t12-/m0/s1. The van der Waals surface area contributed by atoms with E-state index in [2.05, 4.69) is 16.5 Å². The molecule has 0 unspecified atom stereocenters. The molecule has 1 aromatic carbocycles. The number of fused-ring (bicyclic) bond motifs is 2. The lowest BCUT2D eigenvalue weighted by Gasteiger charge is -2.10. The Balaban J connectivity index is 1.78. The predicted molar refractivity (Wildman–Crippen MR) is 98.9 cm³/mol. The van der Waals surface area contributed by atoms with Crippen molar-refractivity contribution in [3.8, 4) is 0 Å². The van der Waals surface area contributed by atoms with Crippen LogP contribution in [0.25, 0.3) is 22.2 Å². The third-order valence-corrected chi connectivity index (χ3v) is 4.53. The van der Waals surface area contributed by atoms with Crippen LogP contribution >= 0.6 is 0 Å². The van der Waals surface area contributed by atoms with Gasteiger partial charge in [-0.1, -0.05) is 18.2 Å². The Morgan fingerprint density at radius 1 is 1.38 bits per heavy atom. The van der Waals surface area contributed by atoms with Crippen molar-refractivity contribution >= 4 is 34.0 Å². The van der Waals surface area contributed by atoms with Crippen LogP contribution in [0.15, 0.2) is 36.9 Å². The maximum atomic E-state index is 12.7. The summed E-state index contributed by atoms with van der Waals surface area (Å²) >= 11 is 0. The highest BCUT2D eigenvalue weighted by Crippen LogP contribution is 2.28. The van der Waals surface area contributed by atoms with Crippen molar-refractivity contribution in [1.29, 1.82) is 0 Å². The van der Waals surface area contributed by atoms with Gasteiger partial charge in [-0.15, -0.1) is 6.58 Å². The van der Waals surface area contributed by atoms with Gasteiger partial charge in [0.05, 0.1) is 17.1 Å². The van der Waals surface area contributed by atoms with Gasteiger partial charge in [0, 0.05) is 13.2 Å². The molecule has 7 nitrogen and oxygen atoms in total. The molecule has 0 aliphatic carbocycles. The van der Waals surface area contributed by atoms with Crippen LogP contribution in [0.2, 0.25) is 0 Å². The summed E-state index contributed by atoms with van der Waals surface area (Å²) in [5.41, 5.74) is 8.93. The lowest BCUT2D eigenvalue weighted by molar-refractivity contribution is 0.0163. The second kappa shape index (κ2) is 6.76. The Kier molecular flexibility index (Phi) is 4.30. The number of allylic oxidation sites excluding steroid dienone is 1. The molecule has 26 heavy (non-hydrogen) atoms. The van der Waals surface area contributed by atoms with Crippen molar-refractivity contribution in [2.75, 3.05) is 18.9 Å². The Labute approximate surface area is 150 Å². The lowest BCUT2D eigenvalue weighted by Crippen LogP contribution is -2.18. The number of hydrogen-bond donors (Lipinski definition) is 1. The van der Waals surface area contributed by atoms with Gasteiger partial charge in [-0.3, -0.25) is 0 Å². The highest BCUT2D eigenvalue weighted by molar-refractivity contribution is 6.08. The molecule has 1 saturated heterocycles. The summed E-state index contributed by atoms with van der Waals surface area (Å²) in [6.07, 6.45) is 3.54. The van der Waals surface area contributed by atoms with Crippen LogP contribution in [0.3, 0.4) is 0 Å². The number of benzene rings is 1. The van der Waals surface area contributed by atoms with Crippen LogP contribution in [0.4, 0.5) is 5.82 Å². The number of nitrogens with two attached hydrogens (primary N) is 1. The van der Waals surface area contributed by atoms with Gasteiger partial charge in [-0.05, 0) is 25.0 Å². The molecule has 3 heterocycles. The number of nitrogen functional groups attached to an aromatic ring is 1. The van der Waals surface area contributed by atoms with Crippen LogP contribution in [-0.2, 0) is 16.0 Å². The number of carbonyl (C=O) groups excluding carboxylic acids is 1. The van der Waals surface area contributed by atoms with E-state index in [0.717, 1.165) is 18.4 Å². The quantitative estimate of drug-likeness (QED) is 0.561. The topological polar surface area (TPSA) is 92.3 Å². The Hall–Kier alpha value is -2.93. The van der Waals surface area contributed by atoms with Crippen LogP contribution in [0.5, 0.6) is 0 Å². The number of hydrogen-bond acceptors (Lipinski definition) is 6. The van der Waals surface area contributed by atoms with Gasteiger partial charge in [-0.25, -0.2) is 14.8 Å². The third kappa shape index (κ3) is 2.80. The van der Waals surface area contributed by atoms with E-state index in [4.69, 9.17) is 15.2 Å². The molecule has 7 heteroatoms. The monoisotopic (exact) mass is 352 g/mol. The number of esters is 1. The molecule has 3 aromatic rings. The van der Waals surface area contributed by atoms with E-state index in [-0.39, 0.29) is 24.1 Å². The summed E-state index contributed by atoms with van der Waals surface area (Å²) in [4.78, 5) is 22.0. The van der Waals surface area contributed by atoms with E-state index >= 15 is 0 Å². The van der Waals surface area contributed by atoms with Crippen molar-refractivity contribution in [1.82, 2.24) is 14.5 Å². The van der Waals surface area contributed by atoms with E-state index in [9.17, 15) is 4.79 Å². The number of carbonyl (C=O) groups is 1. The van der Waals surface area contributed by atoms with Crippen molar-refractivity contribution < 1.29 is 14.3 Å². The second-order valence-corrected chi connectivity index (χ2v) is 6.28. The minimum atomic E-state index is -0.504. The molecule has 1 atom stereocenters. The average Bonchev–Trinajstić information content (AvgIpc) is 3.25. The first-order chi connectivity index (χ1) is 12.7. The molecule has 0 radical (unpaired) electrons. The zero-order valence-corrected chi connectivity index (χ0v) is 14.4. The van der Waals surface area contributed by atoms with Crippen molar-refractivity contribution in [3.05, 3.63) is 42.5 Å². The second-order valence-electron chi connectivity index (χ2n) is 6.28. The predicted octanol–water partition coefficient (Wildman–Crippen LogP) is 2.69. The SMILES string of the molecule is C=CCn1c(N)c(C(=O)OC[C@@H]2CCCO2)c2nc3ccccc3nc21. The molecule has 1 fully saturated rings. The Morgan fingerprint density at radius 2 is 2.15 bits per heavy atom. The van der Waals surface area contributed by atoms with E-state index in [1.54, 1.807) is 10.6 Å². The van der Waals surface area contributed by atoms with Gasteiger partial charge in [0.1, 0.15) is 23.5 Å². The lowest BCUT2D eigenvalue weighted by atomic mass is 10.2. The molecule has 0 saturated carbocycles. The fraction of sp³-hybridized carbons (Fsp3) is 0.316. The highest BCUT2D eigenvalue weighted by Gasteiger charge is 2.26. The Morgan fingerprint density at radius 3 is 2.85 bits per heavy atom. The maximum absolute atomic E-state index is 12.7. The fourth-order valence-electron chi connectivity index (χ4n) is 3.25. The maximum Gasteiger partial charge on any atom is 0.344 e. The summed E-state index contributed by atoms with van der Waals surface area (Å²) in [5.74, 6) is -0.220. The summed E-state index contributed by atoms with van der Waals surface area (Å²) in [7, 11) is 0. The molecule has 1 aliphatic rings. The van der Waals surface area contributed by atoms with E-state index in [0.29, 0.717) is 29.8 Å². The van der Waals surface area contributed by atoms with Gasteiger partial charge in [0.2, 0.25) is 0 Å². The molecule has 0 bridgehead atoms. The van der Waals surface area contributed by atoms with Crippen LogP contribution < -0.4 is 5.73 Å². The number of para-hydroxylation sites is 2. The van der Waals surface area contributed by atoms with Crippen LogP contribution in [0, 0.1) is 0 Å². The van der Waals surface area contributed by atoms with Crippen molar-refractivity contribution in [2.24, 2.45) is 0 Å². The van der Waals surface area contributed by atoms with Gasteiger partial charge >= 0.3 is 5.97 Å². The van der Waals surface area contributed by atoms with Gasteiger partial charge in [0.15, 0.2) is 5.65 Å². The van der Waals surface area contributed by atoms with Crippen LogP contribution in [-0.4, -0.2) is 39.8 Å². The first-order valence-electron chi connectivity index (χ1n) is 8.63. The number of ether oxygens (including phenoxy) is 2. The van der Waals surface area contributed by atoms with Crippen molar-refractivity contribution in [2.45, 2.75) is 25.5 Å². The molecular weight excluding hydrogens is 332 g/mol. The molecule has 4 rings (SSSR count). The van der Waals surface area contributed by atoms with E-state index in [1.165, 1.54) is 0 Å². The summed E-state index contributed by atoms with van der Waals surface area (Å²) in [6, 6.07) is 7.50. The molecular formula is C19H20N4O3. The van der Waals surface area contributed by atoms with E-state index < -0.39 is 5.97 Å². The third-order valence-electron chi connectivity index (χ3n) is 4.53. The zero-order chi connectivity index (χ0) is 18.1. The normalized spacial score (nSPS) is 17.0. The van der Waals surface area contributed by atoms with E-state index in [1.807, 2.05) is 24.3 Å². The average molecular weight is 352 g/mol. The first kappa shape index (κ1) is 16.5.